The van der Waals surface area contributed by atoms with E-state index in [0.29, 0.717) is 10.7 Å². The predicted molar refractivity (Wildman–Crippen MR) is 113 cm³/mol. The highest BCUT2D eigenvalue weighted by molar-refractivity contribution is 7.80. The predicted octanol–water partition coefficient (Wildman–Crippen LogP) is 4.79. The molecular weight excluding hydrogens is 356 g/mol. The van der Waals surface area contributed by atoms with Crippen LogP contribution in [-0.4, -0.2) is 20.9 Å². The minimum atomic E-state index is 0.0341. The van der Waals surface area contributed by atoms with E-state index >= 15 is 0 Å². The first-order chi connectivity index (χ1) is 13.1. The zero-order chi connectivity index (χ0) is 18.8. The number of nitrogens with one attached hydrogen (secondary N) is 2. The number of ketones is 1. The minimum Gasteiger partial charge on any atom is -0.332 e. The Labute approximate surface area is 161 Å². The minimum absolute atomic E-state index is 0.0341. The summed E-state index contributed by atoms with van der Waals surface area (Å²) >= 11 is 5.47. The second-order valence-electron chi connectivity index (χ2n) is 6.13. The molecule has 0 aliphatic heterocycles. The fraction of sp³-hybridized carbons (Fsp3) is 0.0476. The first-order valence-electron chi connectivity index (χ1n) is 8.42. The van der Waals surface area contributed by atoms with Crippen molar-refractivity contribution in [3.8, 4) is 0 Å². The van der Waals surface area contributed by atoms with E-state index < -0.39 is 0 Å². The van der Waals surface area contributed by atoms with Crippen molar-refractivity contribution in [2.75, 3.05) is 10.6 Å². The van der Waals surface area contributed by atoms with E-state index in [1.54, 1.807) is 31.5 Å². The molecule has 2 N–H and O–H groups in total. The van der Waals surface area contributed by atoms with Gasteiger partial charge < -0.3 is 10.6 Å². The summed E-state index contributed by atoms with van der Waals surface area (Å²) in [4.78, 5) is 20.1. The molecule has 4 aromatic rings. The van der Waals surface area contributed by atoms with E-state index in [1.807, 2.05) is 42.6 Å². The summed E-state index contributed by atoms with van der Waals surface area (Å²) in [6, 6.07) is 15.1. The van der Waals surface area contributed by atoms with Crippen molar-refractivity contribution in [2.24, 2.45) is 0 Å². The number of carbonyl (C=O) groups is 1. The maximum atomic E-state index is 11.4. The SMILES string of the molecule is CC(=O)c1ccc(NC(=S)Nc2cc3ccncc3c3ncccc23)cc1. The summed E-state index contributed by atoms with van der Waals surface area (Å²) in [5, 5.41) is 9.86. The van der Waals surface area contributed by atoms with Gasteiger partial charge in [0.1, 0.15) is 0 Å². The summed E-state index contributed by atoms with van der Waals surface area (Å²) < 4.78 is 0. The molecule has 2 aromatic heterocycles. The van der Waals surface area contributed by atoms with Gasteiger partial charge in [-0.2, -0.15) is 0 Å². The van der Waals surface area contributed by atoms with Gasteiger partial charge in [-0.05, 0) is 73.1 Å². The molecule has 132 valence electrons. The summed E-state index contributed by atoms with van der Waals surface area (Å²) in [7, 11) is 0. The van der Waals surface area contributed by atoms with Crippen LogP contribution in [0, 0.1) is 0 Å². The molecule has 0 saturated carbocycles. The number of hydrogen-bond acceptors (Lipinski definition) is 4. The Bertz CT molecular complexity index is 1170. The fourth-order valence-electron chi connectivity index (χ4n) is 2.98. The van der Waals surface area contributed by atoms with E-state index in [4.69, 9.17) is 12.2 Å². The highest BCUT2D eigenvalue weighted by Crippen LogP contribution is 2.30. The molecule has 0 aliphatic carbocycles. The standard InChI is InChI=1S/C21H16N4OS/c1-13(26)14-4-6-16(7-5-14)24-21(27)25-19-11-15-8-10-22-12-18(15)20-17(19)3-2-9-23-20/h2-12H,1H3,(H2,24,25,27). The quantitative estimate of drug-likeness (QED) is 0.306. The second kappa shape index (κ2) is 7.09. The third-order valence-corrected chi connectivity index (χ3v) is 4.51. The number of anilines is 2. The maximum Gasteiger partial charge on any atom is 0.175 e. The molecule has 2 aromatic carbocycles. The second-order valence-corrected chi connectivity index (χ2v) is 6.54. The third-order valence-electron chi connectivity index (χ3n) is 4.31. The van der Waals surface area contributed by atoms with Crippen LogP contribution in [0.1, 0.15) is 17.3 Å². The van der Waals surface area contributed by atoms with Crippen LogP contribution < -0.4 is 10.6 Å². The van der Waals surface area contributed by atoms with Gasteiger partial charge in [0.2, 0.25) is 0 Å². The molecular formula is C21H16N4OS. The number of pyridine rings is 2. The fourth-order valence-corrected chi connectivity index (χ4v) is 3.20. The average molecular weight is 372 g/mol. The Kier molecular flexibility index (Phi) is 4.48. The highest BCUT2D eigenvalue weighted by atomic mass is 32.1. The molecule has 0 fully saturated rings. The number of fused-ring (bicyclic) bond motifs is 3. The van der Waals surface area contributed by atoms with Crippen molar-refractivity contribution in [1.82, 2.24) is 9.97 Å². The first kappa shape index (κ1) is 17.1. The molecule has 27 heavy (non-hydrogen) atoms. The van der Waals surface area contributed by atoms with Gasteiger partial charge in [-0.25, -0.2) is 0 Å². The first-order valence-corrected chi connectivity index (χ1v) is 8.83. The molecule has 0 amide bonds. The Balaban J connectivity index is 1.64. The normalized spacial score (nSPS) is 10.7. The van der Waals surface area contributed by atoms with Gasteiger partial charge in [0.25, 0.3) is 0 Å². The summed E-state index contributed by atoms with van der Waals surface area (Å²) in [5.41, 5.74) is 3.22. The zero-order valence-electron chi connectivity index (χ0n) is 14.6. The average Bonchev–Trinajstić information content (AvgIpc) is 2.68. The molecule has 0 radical (unpaired) electrons. The third kappa shape index (κ3) is 3.47. The smallest absolute Gasteiger partial charge is 0.175 e. The lowest BCUT2D eigenvalue weighted by atomic mass is 10.1. The number of carbonyl (C=O) groups excluding carboxylic acids is 1. The number of Topliss-reactive ketones (excluding diaryl/α,β-unsaturated/α-hetero) is 1. The van der Waals surface area contributed by atoms with Gasteiger partial charge in [0.05, 0.1) is 11.2 Å². The van der Waals surface area contributed by atoms with E-state index in [1.165, 1.54) is 0 Å². The van der Waals surface area contributed by atoms with Gasteiger partial charge >= 0.3 is 0 Å². The Morgan fingerprint density at radius 3 is 2.59 bits per heavy atom. The molecule has 2 heterocycles. The summed E-state index contributed by atoms with van der Waals surface area (Å²) in [6.07, 6.45) is 5.35. The van der Waals surface area contributed by atoms with Gasteiger partial charge in [0, 0.05) is 40.6 Å². The zero-order valence-corrected chi connectivity index (χ0v) is 15.4. The van der Waals surface area contributed by atoms with Crippen molar-refractivity contribution >= 4 is 56.2 Å². The number of nitrogens with zero attached hydrogens (tertiary/aromatic N) is 2. The lowest BCUT2D eigenvalue weighted by Gasteiger charge is -2.14. The summed E-state index contributed by atoms with van der Waals surface area (Å²) in [5.74, 6) is 0.0341. The maximum absolute atomic E-state index is 11.4. The van der Waals surface area contributed by atoms with Crippen LogP contribution in [0.4, 0.5) is 11.4 Å². The van der Waals surface area contributed by atoms with Crippen LogP contribution >= 0.6 is 12.2 Å². The molecule has 0 unspecified atom stereocenters. The largest absolute Gasteiger partial charge is 0.332 e. The molecule has 4 rings (SSSR count). The number of rotatable bonds is 3. The monoisotopic (exact) mass is 372 g/mol. The number of hydrogen-bond donors (Lipinski definition) is 2. The van der Waals surface area contributed by atoms with Crippen LogP contribution in [0.15, 0.2) is 67.1 Å². The van der Waals surface area contributed by atoms with E-state index in [9.17, 15) is 4.79 Å². The van der Waals surface area contributed by atoms with Crippen LogP contribution in [0.3, 0.4) is 0 Å². The van der Waals surface area contributed by atoms with Crippen molar-refractivity contribution in [2.45, 2.75) is 6.92 Å². The van der Waals surface area contributed by atoms with Crippen LogP contribution in [-0.2, 0) is 0 Å². The van der Waals surface area contributed by atoms with Crippen LogP contribution in [0.5, 0.6) is 0 Å². The van der Waals surface area contributed by atoms with Crippen molar-refractivity contribution in [3.05, 3.63) is 72.7 Å². The molecule has 0 aliphatic rings. The number of aromatic nitrogens is 2. The van der Waals surface area contributed by atoms with Crippen LogP contribution in [0.2, 0.25) is 0 Å². The molecule has 0 saturated heterocycles. The van der Waals surface area contributed by atoms with E-state index in [0.717, 1.165) is 33.1 Å². The lowest BCUT2D eigenvalue weighted by molar-refractivity contribution is 0.101. The van der Waals surface area contributed by atoms with E-state index in [2.05, 4.69) is 20.6 Å². The van der Waals surface area contributed by atoms with Gasteiger partial charge in [-0.15, -0.1) is 0 Å². The number of benzene rings is 2. The molecule has 0 atom stereocenters. The van der Waals surface area contributed by atoms with Crippen LogP contribution in [0.25, 0.3) is 21.7 Å². The molecule has 6 heteroatoms. The molecule has 0 bridgehead atoms. The summed E-state index contributed by atoms with van der Waals surface area (Å²) in [6.45, 7) is 1.54. The van der Waals surface area contributed by atoms with Gasteiger partial charge in [-0.1, -0.05) is 0 Å². The van der Waals surface area contributed by atoms with Crippen molar-refractivity contribution < 1.29 is 4.79 Å². The Morgan fingerprint density at radius 2 is 1.81 bits per heavy atom. The highest BCUT2D eigenvalue weighted by Gasteiger charge is 2.09. The molecule has 5 nitrogen and oxygen atoms in total. The Hall–Kier alpha value is -3.38. The number of thiocarbonyl (C=S) groups is 1. The van der Waals surface area contributed by atoms with Gasteiger partial charge in [0.15, 0.2) is 10.9 Å². The topological polar surface area (TPSA) is 66.9 Å². The van der Waals surface area contributed by atoms with Gasteiger partial charge in [-0.3, -0.25) is 14.8 Å². The Morgan fingerprint density at radius 1 is 1.00 bits per heavy atom. The van der Waals surface area contributed by atoms with Crippen molar-refractivity contribution in [3.63, 3.8) is 0 Å². The van der Waals surface area contributed by atoms with Crippen molar-refractivity contribution in [1.29, 1.82) is 0 Å². The molecule has 0 spiro atoms. The lowest BCUT2D eigenvalue weighted by Crippen LogP contribution is -2.19. The van der Waals surface area contributed by atoms with E-state index in [-0.39, 0.29) is 5.78 Å².